The minimum Gasteiger partial charge on any atom is -0.486 e. The standard InChI is InChI=1S/C13H15NO5/c1-7-5-10-11(19-4-3-18-10)6-9(7)14-12(15)8(2)13(16)17/h5-6,8H,3-4H2,1-2H3,(H,14,15)(H,16,17). The van der Waals surface area contributed by atoms with Gasteiger partial charge in [0.05, 0.1) is 0 Å². The molecule has 19 heavy (non-hydrogen) atoms. The average molecular weight is 265 g/mol. The summed E-state index contributed by atoms with van der Waals surface area (Å²) in [6.45, 7) is 4.09. The van der Waals surface area contributed by atoms with E-state index in [1.54, 1.807) is 19.1 Å². The lowest BCUT2D eigenvalue weighted by Gasteiger charge is -2.20. The molecule has 1 amide bonds. The highest BCUT2D eigenvalue weighted by Gasteiger charge is 2.22. The second-order valence-electron chi connectivity index (χ2n) is 4.36. The number of rotatable bonds is 3. The molecule has 1 unspecified atom stereocenters. The molecular formula is C13H15NO5. The third-order valence-electron chi connectivity index (χ3n) is 2.91. The number of hydrogen-bond acceptors (Lipinski definition) is 4. The zero-order valence-corrected chi connectivity index (χ0v) is 10.7. The summed E-state index contributed by atoms with van der Waals surface area (Å²) >= 11 is 0. The summed E-state index contributed by atoms with van der Waals surface area (Å²) in [7, 11) is 0. The summed E-state index contributed by atoms with van der Waals surface area (Å²) in [6.07, 6.45) is 0. The van der Waals surface area contributed by atoms with Gasteiger partial charge < -0.3 is 19.9 Å². The Balaban J connectivity index is 2.21. The molecule has 0 radical (unpaired) electrons. The molecule has 102 valence electrons. The van der Waals surface area contributed by atoms with Crippen LogP contribution in [-0.2, 0) is 9.59 Å². The Hall–Kier alpha value is -2.24. The van der Waals surface area contributed by atoms with Crippen LogP contribution in [0.5, 0.6) is 11.5 Å². The molecule has 1 atom stereocenters. The summed E-state index contributed by atoms with van der Waals surface area (Å²) in [6, 6.07) is 3.41. The highest BCUT2D eigenvalue weighted by atomic mass is 16.6. The molecule has 0 saturated carbocycles. The molecule has 2 rings (SSSR count). The molecule has 0 aromatic heterocycles. The van der Waals surface area contributed by atoms with Crippen LogP contribution in [0.1, 0.15) is 12.5 Å². The number of aliphatic carboxylic acids is 1. The van der Waals surface area contributed by atoms with E-state index in [1.165, 1.54) is 6.92 Å². The SMILES string of the molecule is Cc1cc2c(cc1NC(=O)C(C)C(=O)O)OCCO2. The molecule has 1 heterocycles. The first-order valence-electron chi connectivity index (χ1n) is 5.93. The van der Waals surface area contributed by atoms with E-state index in [4.69, 9.17) is 14.6 Å². The van der Waals surface area contributed by atoms with Crippen molar-refractivity contribution in [3.8, 4) is 11.5 Å². The smallest absolute Gasteiger partial charge is 0.315 e. The molecule has 0 aliphatic carbocycles. The fraction of sp³-hybridized carbons (Fsp3) is 0.385. The number of anilines is 1. The van der Waals surface area contributed by atoms with Gasteiger partial charge in [0.1, 0.15) is 19.1 Å². The van der Waals surface area contributed by atoms with Crippen molar-refractivity contribution >= 4 is 17.6 Å². The lowest BCUT2D eigenvalue weighted by atomic mass is 10.1. The number of benzene rings is 1. The van der Waals surface area contributed by atoms with Crippen LogP contribution >= 0.6 is 0 Å². The van der Waals surface area contributed by atoms with Gasteiger partial charge in [0.2, 0.25) is 5.91 Å². The van der Waals surface area contributed by atoms with E-state index >= 15 is 0 Å². The normalized spacial score (nSPS) is 14.6. The predicted molar refractivity (Wildman–Crippen MR) is 67.6 cm³/mol. The van der Waals surface area contributed by atoms with Gasteiger partial charge >= 0.3 is 5.97 Å². The second-order valence-corrected chi connectivity index (χ2v) is 4.36. The van der Waals surface area contributed by atoms with Crippen molar-refractivity contribution in [1.29, 1.82) is 0 Å². The van der Waals surface area contributed by atoms with E-state index < -0.39 is 17.8 Å². The van der Waals surface area contributed by atoms with Crippen LogP contribution in [0, 0.1) is 12.8 Å². The topological polar surface area (TPSA) is 84.9 Å². The number of carbonyl (C=O) groups is 2. The van der Waals surface area contributed by atoms with Crippen LogP contribution in [0.4, 0.5) is 5.69 Å². The molecule has 1 aromatic rings. The van der Waals surface area contributed by atoms with E-state index in [0.717, 1.165) is 5.56 Å². The number of fused-ring (bicyclic) bond motifs is 1. The van der Waals surface area contributed by atoms with Crippen molar-refractivity contribution < 1.29 is 24.2 Å². The van der Waals surface area contributed by atoms with Gasteiger partial charge in [-0.25, -0.2) is 0 Å². The molecule has 6 nitrogen and oxygen atoms in total. The van der Waals surface area contributed by atoms with Gasteiger partial charge in [-0.05, 0) is 25.5 Å². The maximum atomic E-state index is 11.7. The fourth-order valence-corrected chi connectivity index (χ4v) is 1.68. The monoisotopic (exact) mass is 265 g/mol. The molecule has 0 fully saturated rings. The summed E-state index contributed by atoms with van der Waals surface area (Å²) in [4.78, 5) is 22.5. The summed E-state index contributed by atoms with van der Waals surface area (Å²) < 4.78 is 10.8. The van der Waals surface area contributed by atoms with Crippen LogP contribution in [0.25, 0.3) is 0 Å². The number of carboxylic acids is 1. The number of carbonyl (C=O) groups excluding carboxylic acids is 1. The van der Waals surface area contributed by atoms with Crippen LogP contribution in [-0.4, -0.2) is 30.2 Å². The Labute approximate surface area is 110 Å². The van der Waals surface area contributed by atoms with Gasteiger partial charge in [0.25, 0.3) is 0 Å². The largest absolute Gasteiger partial charge is 0.486 e. The fourth-order valence-electron chi connectivity index (χ4n) is 1.68. The Morgan fingerprint density at radius 3 is 2.42 bits per heavy atom. The molecule has 2 N–H and O–H groups in total. The van der Waals surface area contributed by atoms with Crippen molar-refractivity contribution in [2.24, 2.45) is 5.92 Å². The Bertz CT molecular complexity index is 526. The number of aryl methyl sites for hydroxylation is 1. The van der Waals surface area contributed by atoms with E-state index in [2.05, 4.69) is 5.32 Å². The first-order chi connectivity index (χ1) is 8.99. The number of amides is 1. The second kappa shape index (κ2) is 5.17. The predicted octanol–water partition coefficient (Wildman–Crippen LogP) is 1.43. The maximum absolute atomic E-state index is 11.7. The van der Waals surface area contributed by atoms with E-state index in [9.17, 15) is 9.59 Å². The minimum absolute atomic E-state index is 0.453. The van der Waals surface area contributed by atoms with Crippen molar-refractivity contribution in [2.75, 3.05) is 18.5 Å². The van der Waals surface area contributed by atoms with Crippen molar-refractivity contribution in [3.05, 3.63) is 17.7 Å². The molecule has 1 aliphatic heterocycles. The number of carboxylic acid groups (broad SMARTS) is 1. The van der Waals surface area contributed by atoms with E-state index in [-0.39, 0.29) is 0 Å². The van der Waals surface area contributed by atoms with Crippen LogP contribution in [0.2, 0.25) is 0 Å². The quantitative estimate of drug-likeness (QED) is 0.807. The van der Waals surface area contributed by atoms with Crippen LogP contribution < -0.4 is 14.8 Å². The molecule has 6 heteroatoms. The van der Waals surface area contributed by atoms with Gasteiger partial charge in [0, 0.05) is 11.8 Å². The van der Waals surface area contributed by atoms with Crippen LogP contribution in [0.3, 0.4) is 0 Å². The summed E-state index contributed by atoms with van der Waals surface area (Å²) in [5.41, 5.74) is 1.32. The first-order valence-corrected chi connectivity index (χ1v) is 5.93. The third kappa shape index (κ3) is 2.78. The van der Waals surface area contributed by atoms with Gasteiger partial charge in [0.15, 0.2) is 11.5 Å². The number of ether oxygens (including phenoxy) is 2. The Morgan fingerprint density at radius 2 is 1.84 bits per heavy atom. The molecular weight excluding hydrogens is 250 g/mol. The van der Waals surface area contributed by atoms with E-state index in [1.807, 2.05) is 0 Å². The minimum atomic E-state index is -1.16. The number of hydrogen-bond donors (Lipinski definition) is 2. The van der Waals surface area contributed by atoms with Gasteiger partial charge in [-0.3, -0.25) is 9.59 Å². The Morgan fingerprint density at radius 1 is 1.26 bits per heavy atom. The third-order valence-corrected chi connectivity index (χ3v) is 2.91. The molecule has 0 saturated heterocycles. The highest BCUT2D eigenvalue weighted by Crippen LogP contribution is 2.35. The molecule has 1 aromatic carbocycles. The summed E-state index contributed by atoms with van der Waals surface area (Å²) in [5.74, 6) is -1.64. The molecule has 0 bridgehead atoms. The highest BCUT2D eigenvalue weighted by molar-refractivity contribution is 6.04. The van der Waals surface area contributed by atoms with Gasteiger partial charge in [-0.1, -0.05) is 0 Å². The lowest BCUT2D eigenvalue weighted by Crippen LogP contribution is -2.27. The zero-order chi connectivity index (χ0) is 14.0. The van der Waals surface area contributed by atoms with Gasteiger partial charge in [-0.15, -0.1) is 0 Å². The molecule has 0 spiro atoms. The zero-order valence-electron chi connectivity index (χ0n) is 10.7. The first kappa shape index (κ1) is 13.2. The van der Waals surface area contributed by atoms with E-state index in [0.29, 0.717) is 30.4 Å². The van der Waals surface area contributed by atoms with Gasteiger partial charge in [-0.2, -0.15) is 0 Å². The Kier molecular flexibility index (Phi) is 3.59. The maximum Gasteiger partial charge on any atom is 0.315 e. The summed E-state index contributed by atoms with van der Waals surface area (Å²) in [5, 5.41) is 11.4. The number of nitrogens with one attached hydrogen (secondary N) is 1. The molecule has 1 aliphatic rings. The van der Waals surface area contributed by atoms with Crippen LogP contribution in [0.15, 0.2) is 12.1 Å². The average Bonchev–Trinajstić information content (AvgIpc) is 2.38. The van der Waals surface area contributed by atoms with Crippen molar-refractivity contribution in [2.45, 2.75) is 13.8 Å². The van der Waals surface area contributed by atoms with Crippen molar-refractivity contribution in [1.82, 2.24) is 0 Å². The lowest BCUT2D eigenvalue weighted by molar-refractivity contribution is -0.144. The van der Waals surface area contributed by atoms with Crippen molar-refractivity contribution in [3.63, 3.8) is 0 Å².